The molecule has 2 rings (SSSR count). The van der Waals surface area contributed by atoms with Crippen molar-refractivity contribution < 1.29 is 0 Å². The molecule has 0 radical (unpaired) electrons. The second-order valence-corrected chi connectivity index (χ2v) is 6.76. The van der Waals surface area contributed by atoms with Gasteiger partial charge in [0.15, 0.2) is 0 Å². The molecule has 5 atom stereocenters. The smallest absolute Gasteiger partial charge is 0.0111 e. The highest BCUT2D eigenvalue weighted by Gasteiger charge is 2.41. The van der Waals surface area contributed by atoms with Crippen LogP contribution in [0.4, 0.5) is 0 Å². The Balaban J connectivity index is 1.79. The van der Waals surface area contributed by atoms with E-state index in [0.717, 1.165) is 36.1 Å². The van der Waals surface area contributed by atoms with Crippen LogP contribution in [-0.4, -0.2) is 46.6 Å². The van der Waals surface area contributed by atoms with Gasteiger partial charge in [-0.3, -0.25) is 9.80 Å². The van der Waals surface area contributed by atoms with Crippen molar-refractivity contribution in [1.82, 2.24) is 9.80 Å². The molecular formula is C15H30N2. The summed E-state index contributed by atoms with van der Waals surface area (Å²) in [6, 6.07) is 3.92. The van der Waals surface area contributed by atoms with Crippen LogP contribution in [0.3, 0.4) is 0 Å². The van der Waals surface area contributed by atoms with Gasteiger partial charge in [-0.05, 0) is 60.3 Å². The average Bonchev–Trinajstić information content (AvgIpc) is 2.22. The van der Waals surface area contributed by atoms with Gasteiger partial charge in [-0.25, -0.2) is 0 Å². The lowest BCUT2D eigenvalue weighted by atomic mass is 9.81. The Morgan fingerprint density at radius 1 is 1.06 bits per heavy atom. The van der Waals surface area contributed by atoms with Gasteiger partial charge < -0.3 is 0 Å². The van der Waals surface area contributed by atoms with Crippen LogP contribution in [0.1, 0.15) is 54.4 Å². The average molecular weight is 238 g/mol. The van der Waals surface area contributed by atoms with Crippen LogP contribution < -0.4 is 0 Å². The van der Waals surface area contributed by atoms with E-state index in [1.165, 1.54) is 19.4 Å². The van der Waals surface area contributed by atoms with Crippen LogP contribution in [-0.2, 0) is 0 Å². The molecule has 2 heterocycles. The third-order valence-corrected chi connectivity index (χ3v) is 5.17. The molecule has 2 unspecified atom stereocenters. The van der Waals surface area contributed by atoms with E-state index in [0.29, 0.717) is 0 Å². The van der Waals surface area contributed by atoms with E-state index in [1.807, 2.05) is 0 Å². The number of hydrogen-bond acceptors (Lipinski definition) is 2. The van der Waals surface area contributed by atoms with E-state index >= 15 is 0 Å². The van der Waals surface area contributed by atoms with Crippen molar-refractivity contribution in [3.05, 3.63) is 0 Å². The highest BCUT2D eigenvalue weighted by molar-refractivity contribution is 4.96. The van der Waals surface area contributed by atoms with Gasteiger partial charge in [-0.2, -0.15) is 0 Å². The first-order valence-electron chi connectivity index (χ1n) is 7.45. The molecule has 17 heavy (non-hydrogen) atoms. The van der Waals surface area contributed by atoms with Crippen LogP contribution in [0.5, 0.6) is 0 Å². The summed E-state index contributed by atoms with van der Waals surface area (Å²) in [5, 5.41) is 0. The van der Waals surface area contributed by atoms with E-state index in [-0.39, 0.29) is 0 Å². The van der Waals surface area contributed by atoms with E-state index in [1.54, 1.807) is 0 Å². The van der Waals surface area contributed by atoms with Crippen molar-refractivity contribution in [2.24, 2.45) is 5.92 Å². The maximum Gasteiger partial charge on any atom is 0.0111 e. The largest absolute Gasteiger partial charge is 0.298 e. The first kappa shape index (κ1) is 13.4. The van der Waals surface area contributed by atoms with Crippen LogP contribution in [0, 0.1) is 5.92 Å². The molecular weight excluding hydrogens is 208 g/mol. The molecule has 0 aromatic heterocycles. The van der Waals surface area contributed by atoms with Crippen molar-refractivity contribution in [1.29, 1.82) is 0 Å². The zero-order valence-electron chi connectivity index (χ0n) is 12.5. The minimum absolute atomic E-state index is 0.721. The van der Waals surface area contributed by atoms with Crippen LogP contribution in [0.15, 0.2) is 0 Å². The summed E-state index contributed by atoms with van der Waals surface area (Å²) in [6.45, 7) is 15.5. The molecule has 2 aliphatic rings. The maximum absolute atomic E-state index is 2.71. The Bertz CT molecular complexity index is 256. The number of rotatable bonds is 4. The molecule has 0 amide bonds. The zero-order valence-corrected chi connectivity index (χ0v) is 12.5. The highest BCUT2D eigenvalue weighted by atomic mass is 15.3. The third-order valence-electron chi connectivity index (χ3n) is 5.17. The Hall–Kier alpha value is -0.0800. The third kappa shape index (κ3) is 2.39. The number of hydrogen-bond donors (Lipinski definition) is 0. The maximum atomic E-state index is 2.71. The molecule has 0 aromatic rings. The quantitative estimate of drug-likeness (QED) is 0.743. The van der Waals surface area contributed by atoms with Gasteiger partial charge in [-0.15, -0.1) is 0 Å². The van der Waals surface area contributed by atoms with E-state index in [4.69, 9.17) is 0 Å². The predicted molar refractivity (Wildman–Crippen MR) is 74.3 cm³/mol. The second kappa shape index (κ2) is 4.89. The molecule has 2 saturated heterocycles. The summed E-state index contributed by atoms with van der Waals surface area (Å²) < 4.78 is 0. The summed E-state index contributed by atoms with van der Waals surface area (Å²) in [5.41, 5.74) is 0. The Morgan fingerprint density at radius 2 is 1.65 bits per heavy atom. The van der Waals surface area contributed by atoms with Gasteiger partial charge >= 0.3 is 0 Å². The standard InChI is InChI=1S/C15H30N2/c1-10(2)16-9-15(14(16)6)8-13(5)17-11(3)7-12(17)4/h10-15H,7-9H2,1-6H3/t11-,12-,13?,14+,15?/m1/s1. The van der Waals surface area contributed by atoms with Crippen molar-refractivity contribution in [3.63, 3.8) is 0 Å². The van der Waals surface area contributed by atoms with Gasteiger partial charge in [0.1, 0.15) is 0 Å². The molecule has 2 fully saturated rings. The molecule has 0 spiro atoms. The topological polar surface area (TPSA) is 6.48 Å². The molecule has 0 aromatic carbocycles. The summed E-state index contributed by atoms with van der Waals surface area (Å²) in [4.78, 5) is 5.34. The molecule has 2 aliphatic heterocycles. The normalized spacial score (nSPS) is 41.1. The fraction of sp³-hybridized carbons (Fsp3) is 1.00. The van der Waals surface area contributed by atoms with Gasteiger partial charge in [0.2, 0.25) is 0 Å². The van der Waals surface area contributed by atoms with Gasteiger partial charge in [0.05, 0.1) is 0 Å². The Kier molecular flexibility index (Phi) is 3.84. The van der Waals surface area contributed by atoms with Crippen LogP contribution in [0.2, 0.25) is 0 Å². The first-order chi connectivity index (χ1) is 7.91. The lowest BCUT2D eigenvalue weighted by Gasteiger charge is -2.54. The fourth-order valence-corrected chi connectivity index (χ4v) is 4.14. The Labute approximate surface area is 107 Å². The summed E-state index contributed by atoms with van der Waals surface area (Å²) in [5.74, 6) is 0.924. The van der Waals surface area contributed by atoms with Gasteiger partial charge in [0.25, 0.3) is 0 Å². The lowest BCUT2D eigenvalue weighted by molar-refractivity contribution is -0.0496. The monoisotopic (exact) mass is 238 g/mol. The molecule has 100 valence electrons. The molecule has 0 N–H and O–H groups in total. The van der Waals surface area contributed by atoms with Gasteiger partial charge in [-0.1, -0.05) is 0 Å². The van der Waals surface area contributed by atoms with Crippen molar-refractivity contribution in [3.8, 4) is 0 Å². The Morgan fingerprint density at radius 3 is 2.06 bits per heavy atom. The minimum Gasteiger partial charge on any atom is -0.298 e. The van der Waals surface area contributed by atoms with Crippen LogP contribution >= 0.6 is 0 Å². The molecule has 0 aliphatic carbocycles. The molecule has 0 saturated carbocycles. The second-order valence-electron chi connectivity index (χ2n) is 6.76. The van der Waals surface area contributed by atoms with Crippen LogP contribution in [0.25, 0.3) is 0 Å². The summed E-state index contributed by atoms with van der Waals surface area (Å²) in [6.07, 6.45) is 2.78. The van der Waals surface area contributed by atoms with E-state index in [2.05, 4.69) is 51.3 Å². The predicted octanol–water partition coefficient (Wildman–Crippen LogP) is 2.98. The minimum atomic E-state index is 0.721. The molecule has 0 bridgehead atoms. The SMILES string of the molecule is CC(C)N1CC(CC(C)N2[C@H](C)C[C@H]2C)[C@@H]1C. The highest BCUT2D eigenvalue weighted by Crippen LogP contribution is 2.35. The van der Waals surface area contributed by atoms with Crippen molar-refractivity contribution in [2.45, 2.75) is 84.6 Å². The zero-order chi connectivity index (χ0) is 12.7. The van der Waals surface area contributed by atoms with Gasteiger partial charge in [0, 0.05) is 36.8 Å². The molecule has 2 heteroatoms. The van der Waals surface area contributed by atoms with E-state index < -0.39 is 0 Å². The van der Waals surface area contributed by atoms with Crippen molar-refractivity contribution >= 4 is 0 Å². The number of likely N-dealkylation sites (tertiary alicyclic amines) is 2. The molecule has 2 nitrogen and oxygen atoms in total. The number of nitrogens with zero attached hydrogens (tertiary/aromatic N) is 2. The van der Waals surface area contributed by atoms with Crippen molar-refractivity contribution in [2.75, 3.05) is 6.54 Å². The lowest BCUT2D eigenvalue weighted by Crippen LogP contribution is -2.61. The van der Waals surface area contributed by atoms with E-state index in [9.17, 15) is 0 Å². The summed E-state index contributed by atoms with van der Waals surface area (Å²) in [7, 11) is 0. The first-order valence-corrected chi connectivity index (χ1v) is 7.45. The fourth-order valence-electron chi connectivity index (χ4n) is 4.14. The summed E-state index contributed by atoms with van der Waals surface area (Å²) >= 11 is 0.